The second-order valence-corrected chi connectivity index (χ2v) is 6.20. The van der Waals surface area contributed by atoms with Gasteiger partial charge in [-0.2, -0.15) is 11.8 Å². The molecule has 0 aliphatic rings. The number of thioether (sulfide) groups is 1. The first-order valence-corrected chi connectivity index (χ1v) is 7.55. The number of likely N-dealkylation sites (N-methyl/N-ethyl adjacent to an activating group) is 1. The van der Waals surface area contributed by atoms with Crippen LogP contribution >= 0.6 is 11.8 Å². The molecule has 17 heavy (non-hydrogen) atoms. The van der Waals surface area contributed by atoms with E-state index in [0.29, 0.717) is 6.04 Å². The molecule has 0 saturated heterocycles. The molecular weight excluding hydrogens is 226 g/mol. The fourth-order valence-corrected chi connectivity index (χ4v) is 2.73. The Morgan fingerprint density at radius 1 is 1.24 bits per heavy atom. The summed E-state index contributed by atoms with van der Waals surface area (Å²) in [7, 11) is 2.07. The molecular formula is C15H25NS. The molecule has 0 spiro atoms. The molecule has 2 unspecified atom stereocenters. The maximum Gasteiger partial charge on any atom is 0.0195 e. The number of benzene rings is 1. The molecule has 0 amide bonds. The molecule has 0 heterocycles. The van der Waals surface area contributed by atoms with Crippen molar-refractivity contribution in [3.63, 3.8) is 0 Å². The van der Waals surface area contributed by atoms with Crippen molar-refractivity contribution in [2.45, 2.75) is 44.9 Å². The maximum atomic E-state index is 3.42. The van der Waals surface area contributed by atoms with E-state index in [4.69, 9.17) is 0 Å². The second kappa shape index (κ2) is 7.78. The van der Waals surface area contributed by atoms with Crippen LogP contribution in [0.25, 0.3) is 0 Å². The first kappa shape index (κ1) is 14.6. The average molecular weight is 251 g/mol. The molecule has 1 aromatic rings. The minimum absolute atomic E-state index is 0.580. The van der Waals surface area contributed by atoms with Gasteiger partial charge in [-0.15, -0.1) is 0 Å². The molecule has 1 rings (SSSR count). The summed E-state index contributed by atoms with van der Waals surface area (Å²) < 4.78 is 0. The number of hydrogen-bond donors (Lipinski definition) is 1. The van der Waals surface area contributed by atoms with Crippen LogP contribution in [0.4, 0.5) is 0 Å². The molecule has 1 N–H and O–H groups in total. The molecule has 2 heteroatoms. The van der Waals surface area contributed by atoms with Crippen molar-refractivity contribution in [2.24, 2.45) is 0 Å². The van der Waals surface area contributed by atoms with E-state index in [2.05, 4.69) is 69.2 Å². The lowest BCUT2D eigenvalue weighted by molar-refractivity contribution is 0.616. The topological polar surface area (TPSA) is 12.0 Å². The Labute approximate surface area is 110 Å². The van der Waals surface area contributed by atoms with Gasteiger partial charge in [0.1, 0.15) is 0 Å². The summed E-state index contributed by atoms with van der Waals surface area (Å²) in [5.74, 6) is 1.19. The van der Waals surface area contributed by atoms with E-state index in [9.17, 15) is 0 Å². The van der Waals surface area contributed by atoms with Gasteiger partial charge >= 0.3 is 0 Å². The predicted octanol–water partition coefficient (Wildman–Crippen LogP) is 3.66. The molecule has 96 valence electrons. The second-order valence-electron chi connectivity index (χ2n) is 4.73. The van der Waals surface area contributed by atoms with Crippen molar-refractivity contribution in [1.82, 2.24) is 5.32 Å². The van der Waals surface area contributed by atoms with E-state index in [1.54, 1.807) is 0 Å². The number of aryl methyl sites for hydroxylation is 1. The van der Waals surface area contributed by atoms with E-state index < -0.39 is 0 Å². The molecule has 2 atom stereocenters. The quantitative estimate of drug-likeness (QED) is 0.794. The summed E-state index contributed by atoms with van der Waals surface area (Å²) in [6.45, 7) is 6.70. The smallest absolute Gasteiger partial charge is 0.0195 e. The summed E-state index contributed by atoms with van der Waals surface area (Å²) >= 11 is 2.07. The molecule has 0 saturated carbocycles. The average Bonchev–Trinajstić information content (AvgIpc) is 2.36. The minimum Gasteiger partial charge on any atom is -0.316 e. The molecule has 1 nitrogen and oxygen atoms in total. The minimum atomic E-state index is 0.580. The number of rotatable bonds is 7. The van der Waals surface area contributed by atoms with E-state index >= 15 is 0 Å². The first-order valence-electron chi connectivity index (χ1n) is 6.50. The van der Waals surface area contributed by atoms with Crippen LogP contribution in [0.15, 0.2) is 24.3 Å². The zero-order valence-corrected chi connectivity index (χ0v) is 12.3. The van der Waals surface area contributed by atoms with E-state index in [1.165, 1.54) is 23.3 Å². The van der Waals surface area contributed by atoms with Gasteiger partial charge in [0, 0.05) is 17.0 Å². The third-order valence-corrected chi connectivity index (χ3v) is 4.66. The lowest BCUT2D eigenvalue weighted by atomic mass is 10.1. The highest BCUT2D eigenvalue weighted by atomic mass is 32.2. The first-order chi connectivity index (χ1) is 8.15. The SMILES string of the molecule is CCC(C)SCC(Cc1ccc(C)cc1)NC. The monoisotopic (exact) mass is 251 g/mol. The van der Waals surface area contributed by atoms with Crippen LogP contribution in [0.1, 0.15) is 31.4 Å². The summed E-state index contributed by atoms with van der Waals surface area (Å²) in [6, 6.07) is 9.46. The largest absolute Gasteiger partial charge is 0.316 e. The van der Waals surface area contributed by atoms with Gasteiger partial charge in [-0.1, -0.05) is 43.7 Å². The fourth-order valence-electron chi connectivity index (χ4n) is 1.65. The third-order valence-electron chi connectivity index (χ3n) is 3.17. The van der Waals surface area contributed by atoms with E-state index in [1.807, 2.05) is 0 Å². The third kappa shape index (κ3) is 5.60. The van der Waals surface area contributed by atoms with Crippen LogP contribution < -0.4 is 5.32 Å². The molecule has 0 bridgehead atoms. The molecule has 0 fully saturated rings. The van der Waals surface area contributed by atoms with Crippen LogP contribution in [-0.2, 0) is 6.42 Å². The highest BCUT2D eigenvalue weighted by Gasteiger charge is 2.09. The zero-order valence-electron chi connectivity index (χ0n) is 11.5. The van der Waals surface area contributed by atoms with Gasteiger partial charge in [0.2, 0.25) is 0 Å². The van der Waals surface area contributed by atoms with Crippen molar-refractivity contribution < 1.29 is 0 Å². The fraction of sp³-hybridized carbons (Fsp3) is 0.600. The van der Waals surface area contributed by atoms with Crippen molar-refractivity contribution >= 4 is 11.8 Å². The Balaban J connectivity index is 2.43. The lowest BCUT2D eigenvalue weighted by Crippen LogP contribution is -2.30. The highest BCUT2D eigenvalue weighted by Crippen LogP contribution is 2.16. The number of nitrogens with one attached hydrogen (secondary N) is 1. The standard InChI is InChI=1S/C15H25NS/c1-5-13(3)17-11-15(16-4)10-14-8-6-12(2)7-9-14/h6-9,13,15-16H,5,10-11H2,1-4H3. The van der Waals surface area contributed by atoms with Crippen LogP contribution in [-0.4, -0.2) is 24.1 Å². The van der Waals surface area contributed by atoms with Gasteiger partial charge in [-0.05, 0) is 32.4 Å². The van der Waals surface area contributed by atoms with Gasteiger partial charge < -0.3 is 5.32 Å². The lowest BCUT2D eigenvalue weighted by Gasteiger charge is -2.18. The Hall–Kier alpha value is -0.470. The van der Waals surface area contributed by atoms with Crippen molar-refractivity contribution in [3.8, 4) is 0 Å². The van der Waals surface area contributed by atoms with Crippen molar-refractivity contribution in [3.05, 3.63) is 35.4 Å². The van der Waals surface area contributed by atoms with Gasteiger partial charge in [0.15, 0.2) is 0 Å². The van der Waals surface area contributed by atoms with Gasteiger partial charge in [0.25, 0.3) is 0 Å². The van der Waals surface area contributed by atoms with Gasteiger partial charge in [-0.3, -0.25) is 0 Å². The van der Waals surface area contributed by atoms with Crippen LogP contribution in [0, 0.1) is 6.92 Å². The van der Waals surface area contributed by atoms with Crippen molar-refractivity contribution in [1.29, 1.82) is 0 Å². The summed E-state index contributed by atoms with van der Waals surface area (Å²) in [4.78, 5) is 0. The highest BCUT2D eigenvalue weighted by molar-refractivity contribution is 7.99. The Kier molecular flexibility index (Phi) is 6.68. The van der Waals surface area contributed by atoms with Crippen molar-refractivity contribution in [2.75, 3.05) is 12.8 Å². The Bertz CT molecular complexity index is 307. The molecule has 0 radical (unpaired) electrons. The van der Waals surface area contributed by atoms with Gasteiger partial charge in [0.05, 0.1) is 0 Å². The number of hydrogen-bond acceptors (Lipinski definition) is 2. The molecule has 0 aliphatic heterocycles. The summed E-state index contributed by atoms with van der Waals surface area (Å²) in [5.41, 5.74) is 2.77. The Morgan fingerprint density at radius 3 is 2.41 bits per heavy atom. The Morgan fingerprint density at radius 2 is 1.88 bits per heavy atom. The summed E-state index contributed by atoms with van der Waals surface area (Å²) in [6.07, 6.45) is 2.38. The van der Waals surface area contributed by atoms with Gasteiger partial charge in [-0.25, -0.2) is 0 Å². The maximum absolute atomic E-state index is 3.42. The predicted molar refractivity (Wildman–Crippen MR) is 79.9 cm³/mol. The zero-order chi connectivity index (χ0) is 12.7. The molecule has 0 aliphatic carbocycles. The van der Waals surface area contributed by atoms with Crippen LogP contribution in [0.3, 0.4) is 0 Å². The summed E-state index contributed by atoms with van der Waals surface area (Å²) in [5, 5.41) is 4.19. The normalized spacial score (nSPS) is 14.6. The van der Waals surface area contributed by atoms with E-state index in [-0.39, 0.29) is 0 Å². The molecule has 0 aromatic heterocycles. The van der Waals surface area contributed by atoms with Crippen LogP contribution in [0.5, 0.6) is 0 Å². The molecule has 1 aromatic carbocycles. The van der Waals surface area contributed by atoms with Crippen LogP contribution in [0.2, 0.25) is 0 Å². The van der Waals surface area contributed by atoms with E-state index in [0.717, 1.165) is 11.7 Å².